The Labute approximate surface area is 216 Å². The minimum absolute atomic E-state index is 0.112. The predicted molar refractivity (Wildman–Crippen MR) is 138 cm³/mol. The second kappa shape index (κ2) is 10.9. The SMILES string of the molecule is CC(C)COc1cc(F)cc(-c2ccc(C(=O)NS(=O)(=O)c3ccn[nH]3)c(N3CCC(C)C(C)C3)n2)c1. The molecule has 1 aromatic carbocycles. The van der Waals surface area contributed by atoms with Crippen LogP contribution in [0.2, 0.25) is 0 Å². The Morgan fingerprint density at radius 1 is 1.22 bits per heavy atom. The van der Waals surface area contributed by atoms with Crippen LogP contribution in [-0.2, 0) is 10.0 Å². The Balaban J connectivity index is 1.72. The lowest BCUT2D eigenvalue weighted by Crippen LogP contribution is -2.40. The third-order valence-corrected chi connectivity index (χ3v) is 7.76. The molecule has 1 aliphatic heterocycles. The molecule has 0 bridgehead atoms. The summed E-state index contributed by atoms with van der Waals surface area (Å²) in [5, 5.41) is 5.77. The van der Waals surface area contributed by atoms with Gasteiger partial charge < -0.3 is 9.64 Å². The molecule has 1 fully saturated rings. The number of aromatic nitrogens is 3. The molecule has 1 aliphatic rings. The molecule has 9 nitrogen and oxygen atoms in total. The molecule has 0 spiro atoms. The van der Waals surface area contributed by atoms with E-state index in [0.717, 1.165) is 6.42 Å². The lowest BCUT2D eigenvalue weighted by Gasteiger charge is -2.37. The van der Waals surface area contributed by atoms with Gasteiger partial charge in [0.05, 0.1) is 24.1 Å². The van der Waals surface area contributed by atoms with Crippen LogP contribution < -0.4 is 14.4 Å². The summed E-state index contributed by atoms with van der Waals surface area (Å²) >= 11 is 0. The fourth-order valence-corrected chi connectivity index (χ4v) is 5.04. The van der Waals surface area contributed by atoms with Crippen LogP contribution in [0.5, 0.6) is 5.75 Å². The monoisotopic (exact) mass is 529 g/mol. The number of rotatable bonds is 8. The Morgan fingerprint density at radius 2 is 2.00 bits per heavy atom. The van der Waals surface area contributed by atoms with Gasteiger partial charge in [-0.2, -0.15) is 13.5 Å². The van der Waals surface area contributed by atoms with E-state index in [4.69, 9.17) is 9.72 Å². The lowest BCUT2D eigenvalue weighted by molar-refractivity contribution is 0.0981. The quantitative estimate of drug-likeness (QED) is 0.448. The predicted octanol–water partition coefficient (Wildman–Crippen LogP) is 4.25. The van der Waals surface area contributed by atoms with E-state index in [1.807, 2.05) is 18.7 Å². The van der Waals surface area contributed by atoms with Gasteiger partial charge >= 0.3 is 0 Å². The van der Waals surface area contributed by atoms with Crippen molar-refractivity contribution in [2.75, 3.05) is 24.6 Å². The maximum Gasteiger partial charge on any atom is 0.281 e. The van der Waals surface area contributed by atoms with Gasteiger partial charge in [0.15, 0.2) is 5.03 Å². The number of aromatic amines is 1. The van der Waals surface area contributed by atoms with Crippen molar-refractivity contribution in [2.24, 2.45) is 17.8 Å². The van der Waals surface area contributed by atoms with Crippen molar-refractivity contribution in [1.29, 1.82) is 0 Å². The second-order valence-electron chi connectivity index (χ2n) is 9.99. The molecule has 3 heterocycles. The molecule has 198 valence electrons. The molecule has 1 amide bonds. The summed E-state index contributed by atoms with van der Waals surface area (Å²) in [4.78, 5) is 19.9. The van der Waals surface area contributed by atoms with Crippen LogP contribution in [0.1, 0.15) is 44.5 Å². The van der Waals surface area contributed by atoms with Gasteiger partial charge in [0.1, 0.15) is 17.4 Å². The van der Waals surface area contributed by atoms with E-state index in [1.165, 1.54) is 30.5 Å². The molecule has 2 atom stereocenters. The summed E-state index contributed by atoms with van der Waals surface area (Å²) in [5.41, 5.74) is 1.06. The number of ether oxygens (including phenoxy) is 1. The molecular formula is C26H32FN5O4S. The van der Waals surface area contributed by atoms with E-state index in [-0.39, 0.29) is 16.5 Å². The van der Waals surface area contributed by atoms with Crippen molar-refractivity contribution in [3.05, 3.63) is 54.0 Å². The molecule has 1 saturated heterocycles. The van der Waals surface area contributed by atoms with Gasteiger partial charge in [-0.15, -0.1) is 0 Å². The summed E-state index contributed by atoms with van der Waals surface area (Å²) < 4.78 is 47.5. The second-order valence-corrected chi connectivity index (χ2v) is 11.6. The first-order valence-corrected chi connectivity index (χ1v) is 13.8. The third-order valence-electron chi connectivity index (χ3n) is 6.50. The number of hydrogen-bond acceptors (Lipinski definition) is 7. The van der Waals surface area contributed by atoms with Crippen molar-refractivity contribution >= 4 is 21.7 Å². The molecule has 2 aromatic heterocycles. The zero-order valence-corrected chi connectivity index (χ0v) is 22.2. The summed E-state index contributed by atoms with van der Waals surface area (Å²) in [6, 6.07) is 8.76. The number of H-pyrrole nitrogens is 1. The minimum atomic E-state index is -4.15. The average molecular weight is 530 g/mol. The van der Waals surface area contributed by atoms with Crippen LogP contribution in [0.4, 0.5) is 10.2 Å². The summed E-state index contributed by atoms with van der Waals surface area (Å²) in [6.07, 6.45) is 2.18. The Bertz CT molecular complexity index is 1360. The third kappa shape index (κ3) is 6.27. The number of carbonyl (C=O) groups excluding carboxylic acids is 1. The van der Waals surface area contributed by atoms with Crippen molar-refractivity contribution in [3.63, 3.8) is 0 Å². The fraction of sp³-hybridized carbons (Fsp3) is 0.423. The zero-order chi connectivity index (χ0) is 26.7. The van der Waals surface area contributed by atoms with Gasteiger partial charge in [-0.3, -0.25) is 9.89 Å². The Morgan fingerprint density at radius 3 is 2.68 bits per heavy atom. The smallest absolute Gasteiger partial charge is 0.281 e. The van der Waals surface area contributed by atoms with E-state index < -0.39 is 21.7 Å². The number of piperidine rings is 1. The molecule has 37 heavy (non-hydrogen) atoms. The van der Waals surface area contributed by atoms with Gasteiger partial charge in [-0.25, -0.2) is 14.1 Å². The van der Waals surface area contributed by atoms with Crippen LogP contribution in [0.25, 0.3) is 11.3 Å². The van der Waals surface area contributed by atoms with Crippen LogP contribution in [-0.4, -0.2) is 49.2 Å². The number of benzene rings is 1. The maximum absolute atomic E-state index is 14.5. The normalized spacial score (nSPS) is 18.2. The van der Waals surface area contributed by atoms with Gasteiger partial charge in [-0.05, 0) is 54.5 Å². The van der Waals surface area contributed by atoms with E-state index in [1.54, 1.807) is 12.1 Å². The number of pyridine rings is 1. The van der Waals surface area contributed by atoms with Gasteiger partial charge in [0, 0.05) is 24.7 Å². The Kier molecular flexibility index (Phi) is 7.82. The van der Waals surface area contributed by atoms with Crippen molar-refractivity contribution < 1.29 is 22.3 Å². The number of sulfonamides is 1. The number of halogens is 1. The number of nitrogens with one attached hydrogen (secondary N) is 2. The number of amides is 1. The number of nitrogens with zero attached hydrogens (tertiary/aromatic N) is 3. The van der Waals surface area contributed by atoms with E-state index in [9.17, 15) is 17.6 Å². The van der Waals surface area contributed by atoms with Crippen molar-refractivity contribution in [3.8, 4) is 17.0 Å². The molecule has 2 unspecified atom stereocenters. The maximum atomic E-state index is 14.5. The highest BCUT2D eigenvalue weighted by molar-refractivity contribution is 7.90. The van der Waals surface area contributed by atoms with Gasteiger partial charge in [0.25, 0.3) is 15.9 Å². The van der Waals surface area contributed by atoms with Crippen LogP contribution in [0, 0.1) is 23.6 Å². The van der Waals surface area contributed by atoms with Crippen LogP contribution in [0.3, 0.4) is 0 Å². The molecular weight excluding hydrogens is 497 g/mol. The van der Waals surface area contributed by atoms with Gasteiger partial charge in [-0.1, -0.05) is 27.7 Å². The highest BCUT2D eigenvalue weighted by atomic mass is 32.2. The molecule has 0 aliphatic carbocycles. The largest absolute Gasteiger partial charge is 0.493 e. The molecule has 4 rings (SSSR count). The Hall–Kier alpha value is -3.47. The van der Waals surface area contributed by atoms with Crippen molar-refractivity contribution in [2.45, 2.75) is 39.1 Å². The first kappa shape index (κ1) is 26.6. The van der Waals surface area contributed by atoms with Crippen LogP contribution in [0.15, 0.2) is 47.6 Å². The van der Waals surface area contributed by atoms with E-state index in [0.29, 0.717) is 54.4 Å². The van der Waals surface area contributed by atoms with E-state index in [2.05, 4.69) is 28.8 Å². The molecule has 11 heteroatoms. The first-order chi connectivity index (χ1) is 17.5. The fourth-order valence-electron chi connectivity index (χ4n) is 4.16. The summed E-state index contributed by atoms with van der Waals surface area (Å²) in [7, 11) is -4.15. The first-order valence-electron chi connectivity index (χ1n) is 12.3. The minimum Gasteiger partial charge on any atom is -0.493 e. The van der Waals surface area contributed by atoms with Gasteiger partial charge in [0.2, 0.25) is 0 Å². The van der Waals surface area contributed by atoms with E-state index >= 15 is 0 Å². The van der Waals surface area contributed by atoms with Crippen molar-refractivity contribution in [1.82, 2.24) is 19.9 Å². The summed E-state index contributed by atoms with van der Waals surface area (Å²) in [6.45, 7) is 10.1. The highest BCUT2D eigenvalue weighted by Gasteiger charge is 2.29. The zero-order valence-electron chi connectivity index (χ0n) is 21.4. The molecule has 0 saturated carbocycles. The number of carbonyl (C=O) groups is 1. The summed E-state index contributed by atoms with van der Waals surface area (Å²) in [5.74, 6) is 0.580. The molecule has 0 radical (unpaired) electrons. The lowest BCUT2D eigenvalue weighted by atomic mass is 9.88. The topological polar surface area (TPSA) is 117 Å². The van der Waals surface area contributed by atoms with Crippen LogP contribution >= 0.6 is 0 Å². The standard InChI is InChI=1S/C26H32FN5O4S/c1-16(2)15-36-21-12-19(11-20(27)13-21)23-6-5-22(25(29-23)32-10-8-17(3)18(4)14-32)26(33)31-37(34,35)24-7-9-28-30-24/h5-7,9,11-13,16-18H,8,10,14-15H2,1-4H3,(H,28,30)(H,31,33). The number of anilines is 1. The average Bonchev–Trinajstić information content (AvgIpc) is 3.40. The number of hydrogen-bond donors (Lipinski definition) is 2. The molecule has 2 N–H and O–H groups in total. The molecule has 3 aromatic rings. The highest BCUT2D eigenvalue weighted by Crippen LogP contribution is 2.32.